The van der Waals surface area contributed by atoms with Gasteiger partial charge in [-0.1, -0.05) is 234 Å². The average Bonchev–Trinajstić information content (AvgIpc) is 3.44. The molecule has 9 nitrogen and oxygen atoms in total. The largest absolute Gasteiger partial charge is 0.472 e. The van der Waals surface area contributed by atoms with Crippen LogP contribution >= 0.6 is 7.82 Å². The molecule has 2 atom stereocenters. The van der Waals surface area contributed by atoms with Gasteiger partial charge in [0.25, 0.3) is 0 Å². The number of carbonyl (C=O) groups excluding carboxylic acids is 2. The second-order valence-corrected chi connectivity index (χ2v) is 20.2. The maximum Gasteiger partial charge on any atom is 0.472 e. The number of rotatable bonds is 53. The Balaban J connectivity index is 4.18. The highest BCUT2D eigenvalue weighted by Gasteiger charge is 2.26. The SMILES string of the molecule is CC/C=C\C/C=C\C/C=C\C/C=C\C/C=C\C/C=C\C/C=C\C/C=C\CCCCCCC(=O)OCC(COP(=O)(O)OCCN)OC(=O)CCCCCC/C=C\C/C=C\C/C=C\C/C=C\C/C=C\C/C=C\C/C=C\C/C=C\CC. The van der Waals surface area contributed by atoms with E-state index in [1.807, 2.05) is 0 Å². The molecule has 440 valence electrons. The van der Waals surface area contributed by atoms with Crippen molar-refractivity contribution in [2.24, 2.45) is 5.73 Å². The first-order chi connectivity index (χ1) is 38.8. The second-order valence-electron chi connectivity index (χ2n) is 18.7. The Labute approximate surface area is 481 Å². The zero-order valence-corrected chi connectivity index (χ0v) is 49.9. The molecule has 0 saturated carbocycles. The topological polar surface area (TPSA) is 134 Å². The first kappa shape index (κ1) is 73.8. The zero-order valence-electron chi connectivity index (χ0n) is 49.0. The summed E-state index contributed by atoms with van der Waals surface area (Å²) in [5.41, 5.74) is 5.38. The van der Waals surface area contributed by atoms with Crippen LogP contribution in [0.15, 0.2) is 194 Å². The fourth-order valence-corrected chi connectivity index (χ4v) is 7.90. The van der Waals surface area contributed by atoms with Crippen LogP contribution in [-0.2, 0) is 32.7 Å². The van der Waals surface area contributed by atoms with E-state index in [2.05, 4.69) is 208 Å². The number of hydrogen-bond acceptors (Lipinski definition) is 8. The molecule has 0 aliphatic heterocycles. The summed E-state index contributed by atoms with van der Waals surface area (Å²) >= 11 is 0. The van der Waals surface area contributed by atoms with Crippen LogP contribution in [0.25, 0.3) is 0 Å². The normalized spacial score (nSPS) is 14.4. The van der Waals surface area contributed by atoms with Crippen LogP contribution in [0, 0.1) is 0 Å². The van der Waals surface area contributed by atoms with Crippen molar-refractivity contribution in [1.29, 1.82) is 0 Å². The fraction of sp³-hybridized carbons (Fsp3) is 0.507. The zero-order chi connectivity index (χ0) is 57.3. The minimum absolute atomic E-state index is 0.0328. The number of hydrogen-bond donors (Lipinski definition) is 2. The van der Waals surface area contributed by atoms with Gasteiger partial charge in [-0.15, -0.1) is 0 Å². The van der Waals surface area contributed by atoms with E-state index in [0.717, 1.165) is 154 Å². The van der Waals surface area contributed by atoms with Gasteiger partial charge in [-0.2, -0.15) is 0 Å². The van der Waals surface area contributed by atoms with Crippen molar-refractivity contribution < 1.29 is 37.6 Å². The molecule has 0 bridgehead atoms. The number of carbonyl (C=O) groups is 2. The monoisotopic (exact) mass is 1110 g/mol. The van der Waals surface area contributed by atoms with Crippen LogP contribution in [0.2, 0.25) is 0 Å². The van der Waals surface area contributed by atoms with Gasteiger partial charge in [-0.3, -0.25) is 18.6 Å². The first-order valence-electron chi connectivity index (χ1n) is 29.9. The third-order valence-corrected chi connectivity index (χ3v) is 12.5. The maximum absolute atomic E-state index is 12.7. The number of allylic oxidation sites excluding steroid dienone is 32. The van der Waals surface area contributed by atoms with Crippen LogP contribution in [0.1, 0.15) is 194 Å². The van der Waals surface area contributed by atoms with Crippen molar-refractivity contribution in [1.82, 2.24) is 0 Å². The number of esters is 2. The Morgan fingerprint density at radius 1 is 0.380 bits per heavy atom. The van der Waals surface area contributed by atoms with Crippen molar-refractivity contribution in [2.45, 2.75) is 200 Å². The lowest BCUT2D eigenvalue weighted by molar-refractivity contribution is -0.161. The van der Waals surface area contributed by atoms with Gasteiger partial charge in [0.1, 0.15) is 6.61 Å². The van der Waals surface area contributed by atoms with Crippen LogP contribution in [0.5, 0.6) is 0 Å². The standard InChI is InChI=1S/C69H106NO8P/c1-3-5-7-9-11-13-15-17-19-21-23-25-27-29-31-33-35-37-39-41-43-45-47-49-51-53-55-57-59-61-68(71)75-65-67(66-77-79(73,74)76-64-63-70)78-69(72)62-60-58-56-54-52-50-48-46-44-42-40-38-36-34-32-30-28-26-24-22-20-18-16-14-12-10-8-6-4-2/h5-8,11-14,17-20,23-26,29-32,35-38,41-44,47-50,67H,3-4,9-10,15-16,21-22,27-28,33-34,39-40,45-46,51-66,70H2,1-2H3,(H,73,74)/b7-5-,8-6-,13-11-,14-12-,19-17-,20-18-,25-23-,26-24-,31-29-,32-30-,37-35-,38-36-,43-41-,44-42-,49-47-,50-48-. The molecule has 0 radical (unpaired) electrons. The highest BCUT2D eigenvalue weighted by atomic mass is 31.2. The Morgan fingerprint density at radius 2 is 0.658 bits per heavy atom. The minimum atomic E-state index is -4.42. The second kappa shape index (κ2) is 62.1. The summed E-state index contributed by atoms with van der Waals surface area (Å²) in [6, 6.07) is 0. The van der Waals surface area contributed by atoms with Crippen molar-refractivity contribution in [3.63, 3.8) is 0 Å². The van der Waals surface area contributed by atoms with Gasteiger partial charge < -0.3 is 20.1 Å². The molecule has 0 aromatic rings. The van der Waals surface area contributed by atoms with Crippen LogP contribution in [0.3, 0.4) is 0 Å². The molecule has 3 N–H and O–H groups in total. The summed E-state index contributed by atoms with van der Waals surface area (Å²) in [6.45, 7) is 3.42. The molecule has 0 aliphatic rings. The number of nitrogens with two attached hydrogens (primary N) is 1. The Kier molecular flexibility index (Phi) is 58.0. The lowest BCUT2D eigenvalue weighted by Gasteiger charge is -2.19. The van der Waals surface area contributed by atoms with Gasteiger partial charge in [-0.05, 0) is 141 Å². The van der Waals surface area contributed by atoms with Gasteiger partial charge >= 0.3 is 19.8 Å². The Hall–Kier alpha value is -5.15. The van der Waals surface area contributed by atoms with Gasteiger partial charge in [0.15, 0.2) is 6.10 Å². The summed E-state index contributed by atoms with van der Waals surface area (Å²) in [6.07, 6.45) is 94.8. The molecule has 10 heteroatoms. The smallest absolute Gasteiger partial charge is 0.462 e. The van der Waals surface area contributed by atoms with Gasteiger partial charge in [0, 0.05) is 19.4 Å². The maximum atomic E-state index is 12.7. The van der Waals surface area contributed by atoms with Crippen molar-refractivity contribution in [2.75, 3.05) is 26.4 Å². The molecule has 0 rings (SSSR count). The molecule has 0 saturated heterocycles. The highest BCUT2D eigenvalue weighted by molar-refractivity contribution is 7.47. The molecule has 0 fully saturated rings. The first-order valence-corrected chi connectivity index (χ1v) is 31.4. The van der Waals surface area contributed by atoms with Crippen LogP contribution in [0.4, 0.5) is 0 Å². The number of phosphoric acid groups is 1. The Bertz CT molecular complexity index is 1990. The van der Waals surface area contributed by atoms with Crippen molar-refractivity contribution in [3.8, 4) is 0 Å². The summed E-state index contributed by atoms with van der Waals surface area (Å²) in [5.74, 6) is -0.906. The molecule has 2 unspecified atom stereocenters. The lowest BCUT2D eigenvalue weighted by atomic mass is 10.1. The minimum Gasteiger partial charge on any atom is -0.462 e. The van der Waals surface area contributed by atoms with Gasteiger partial charge in [0.2, 0.25) is 0 Å². The molecule has 0 amide bonds. The number of phosphoric ester groups is 1. The van der Waals surface area contributed by atoms with E-state index in [4.69, 9.17) is 24.3 Å². The predicted molar refractivity (Wildman–Crippen MR) is 338 cm³/mol. The molecule has 0 aromatic heterocycles. The van der Waals surface area contributed by atoms with Gasteiger partial charge in [0.05, 0.1) is 13.2 Å². The van der Waals surface area contributed by atoms with E-state index < -0.39 is 32.5 Å². The molecule has 0 heterocycles. The molecule has 0 aliphatic carbocycles. The van der Waals surface area contributed by atoms with Crippen molar-refractivity contribution >= 4 is 19.8 Å². The summed E-state index contributed by atoms with van der Waals surface area (Å²) in [7, 11) is -4.42. The van der Waals surface area contributed by atoms with E-state index >= 15 is 0 Å². The van der Waals surface area contributed by atoms with E-state index in [9.17, 15) is 19.0 Å². The highest BCUT2D eigenvalue weighted by Crippen LogP contribution is 2.43. The number of ether oxygens (including phenoxy) is 2. The third-order valence-electron chi connectivity index (χ3n) is 11.5. The van der Waals surface area contributed by atoms with Gasteiger partial charge in [-0.25, -0.2) is 4.57 Å². The lowest BCUT2D eigenvalue weighted by Crippen LogP contribution is -2.29. The molecule has 0 spiro atoms. The van der Waals surface area contributed by atoms with E-state index in [-0.39, 0.29) is 32.6 Å². The number of unbranched alkanes of at least 4 members (excludes halogenated alkanes) is 8. The fourth-order valence-electron chi connectivity index (χ4n) is 7.14. The molecule has 0 aromatic carbocycles. The quantitative estimate of drug-likeness (QED) is 0.0264. The van der Waals surface area contributed by atoms with Crippen LogP contribution < -0.4 is 5.73 Å². The van der Waals surface area contributed by atoms with E-state index in [1.165, 1.54) is 0 Å². The summed E-state index contributed by atoms with van der Waals surface area (Å²) < 4.78 is 33.0. The van der Waals surface area contributed by atoms with Crippen LogP contribution in [-0.4, -0.2) is 49.3 Å². The predicted octanol–water partition coefficient (Wildman–Crippen LogP) is 19.4. The van der Waals surface area contributed by atoms with Crippen molar-refractivity contribution in [3.05, 3.63) is 194 Å². The average molecular weight is 1110 g/mol. The summed E-state index contributed by atoms with van der Waals surface area (Å²) in [4.78, 5) is 35.2. The third kappa shape index (κ3) is 61.9. The van der Waals surface area contributed by atoms with E-state index in [0.29, 0.717) is 12.8 Å². The molecule has 79 heavy (non-hydrogen) atoms. The molecular weight excluding hydrogens is 1000 g/mol. The Morgan fingerprint density at radius 3 is 0.962 bits per heavy atom. The van der Waals surface area contributed by atoms with E-state index in [1.54, 1.807) is 0 Å². The molecular formula is C69H106NO8P. The summed E-state index contributed by atoms with van der Waals surface area (Å²) in [5, 5.41) is 0.